The van der Waals surface area contributed by atoms with Gasteiger partial charge in [0.2, 0.25) is 0 Å². The number of aromatic hydroxyl groups is 1. The number of fused-ring (bicyclic) bond motifs is 2. The zero-order chi connectivity index (χ0) is 21.6. The van der Waals surface area contributed by atoms with Crippen LogP contribution in [-0.2, 0) is 16.1 Å². The van der Waals surface area contributed by atoms with E-state index in [1.807, 2.05) is 19.0 Å². The number of carbonyl (C=O) groups is 2. The van der Waals surface area contributed by atoms with Crippen LogP contribution in [0.4, 0.5) is 0 Å². The summed E-state index contributed by atoms with van der Waals surface area (Å²) in [5.41, 5.74) is 1.24. The van der Waals surface area contributed by atoms with E-state index in [2.05, 4.69) is 0 Å². The van der Waals surface area contributed by atoms with Crippen LogP contribution in [0.25, 0.3) is 0 Å². The fourth-order valence-electron chi connectivity index (χ4n) is 4.16. The second-order valence-corrected chi connectivity index (χ2v) is 8.04. The van der Waals surface area contributed by atoms with Crippen molar-refractivity contribution in [2.45, 2.75) is 44.5 Å². The standard InChI is InChI=1S/C23H25NO6/c1-12-20(25)17(24(2)3)10-18(30-12)29-11-13-8-9-16-19(21(13)26)23(28)15-7-5-4-6-14(15)22(16)27/h4-9,12,17-18,20,25-26H,10-11H2,1-3H3/t12-,17+,18-,20+/m0/s1. The molecule has 158 valence electrons. The van der Waals surface area contributed by atoms with Gasteiger partial charge in [-0.15, -0.1) is 0 Å². The Balaban J connectivity index is 1.56. The molecule has 7 nitrogen and oxygen atoms in total. The van der Waals surface area contributed by atoms with Crippen molar-refractivity contribution in [2.24, 2.45) is 0 Å². The minimum Gasteiger partial charge on any atom is -0.507 e. The molecular formula is C23H25NO6. The number of hydrogen-bond donors (Lipinski definition) is 2. The summed E-state index contributed by atoms with van der Waals surface area (Å²) in [4.78, 5) is 27.6. The first kappa shape index (κ1) is 20.7. The molecule has 0 unspecified atom stereocenters. The van der Waals surface area contributed by atoms with Gasteiger partial charge in [0.25, 0.3) is 0 Å². The number of phenols is 1. The maximum atomic E-state index is 12.9. The maximum Gasteiger partial charge on any atom is 0.198 e. The van der Waals surface area contributed by atoms with Gasteiger partial charge in [-0.1, -0.05) is 30.3 Å². The Morgan fingerprint density at radius 2 is 1.73 bits per heavy atom. The van der Waals surface area contributed by atoms with E-state index >= 15 is 0 Å². The minimum absolute atomic E-state index is 0.00978. The summed E-state index contributed by atoms with van der Waals surface area (Å²) in [6, 6.07) is 9.63. The first-order valence-corrected chi connectivity index (χ1v) is 9.94. The van der Waals surface area contributed by atoms with Crippen LogP contribution in [0, 0.1) is 0 Å². The molecule has 0 bridgehead atoms. The highest BCUT2D eigenvalue weighted by atomic mass is 16.7. The molecule has 2 N–H and O–H groups in total. The number of nitrogens with zero attached hydrogens (tertiary/aromatic N) is 1. The largest absolute Gasteiger partial charge is 0.507 e. The number of benzene rings is 2. The first-order valence-electron chi connectivity index (χ1n) is 9.94. The highest BCUT2D eigenvalue weighted by Crippen LogP contribution is 2.35. The van der Waals surface area contributed by atoms with Crippen LogP contribution in [-0.4, -0.2) is 65.3 Å². The molecule has 4 atom stereocenters. The topological polar surface area (TPSA) is 96.3 Å². The summed E-state index contributed by atoms with van der Waals surface area (Å²) in [6.45, 7) is 1.80. The van der Waals surface area contributed by atoms with Crippen molar-refractivity contribution in [2.75, 3.05) is 14.1 Å². The van der Waals surface area contributed by atoms with Gasteiger partial charge in [-0.25, -0.2) is 0 Å². The summed E-state index contributed by atoms with van der Waals surface area (Å²) in [5, 5.41) is 21.1. The van der Waals surface area contributed by atoms with Crippen LogP contribution in [0.5, 0.6) is 5.75 Å². The smallest absolute Gasteiger partial charge is 0.198 e. The van der Waals surface area contributed by atoms with Crippen molar-refractivity contribution in [3.05, 3.63) is 64.2 Å². The average Bonchev–Trinajstić information content (AvgIpc) is 2.73. The molecule has 1 aliphatic heterocycles. The lowest BCUT2D eigenvalue weighted by atomic mass is 9.83. The third-order valence-electron chi connectivity index (χ3n) is 5.91. The zero-order valence-corrected chi connectivity index (χ0v) is 17.2. The SMILES string of the molecule is C[C@@H]1O[C@H](OCc2ccc3c(c2O)C(=O)c2ccccc2C3=O)C[C@@H](N(C)C)[C@@H]1O. The summed E-state index contributed by atoms with van der Waals surface area (Å²) in [5.74, 6) is -0.901. The minimum atomic E-state index is -0.624. The molecular weight excluding hydrogens is 386 g/mol. The Morgan fingerprint density at radius 1 is 1.07 bits per heavy atom. The highest BCUT2D eigenvalue weighted by Gasteiger charge is 2.37. The third-order valence-corrected chi connectivity index (χ3v) is 5.91. The van der Waals surface area contributed by atoms with Crippen LogP contribution < -0.4 is 0 Å². The van der Waals surface area contributed by atoms with E-state index in [-0.39, 0.29) is 46.7 Å². The summed E-state index contributed by atoms with van der Waals surface area (Å²) < 4.78 is 11.6. The maximum absolute atomic E-state index is 12.9. The fraction of sp³-hybridized carbons (Fsp3) is 0.391. The molecule has 2 aliphatic rings. The summed E-state index contributed by atoms with van der Waals surface area (Å²) >= 11 is 0. The molecule has 1 saturated heterocycles. The molecule has 2 aromatic rings. The Morgan fingerprint density at radius 3 is 2.40 bits per heavy atom. The molecule has 1 heterocycles. The number of rotatable bonds is 4. The lowest BCUT2D eigenvalue weighted by Crippen LogP contribution is -2.53. The van der Waals surface area contributed by atoms with E-state index in [1.54, 1.807) is 43.3 Å². The number of ether oxygens (including phenoxy) is 2. The van der Waals surface area contributed by atoms with Gasteiger partial charge in [-0.05, 0) is 27.1 Å². The van der Waals surface area contributed by atoms with E-state index in [0.717, 1.165) is 0 Å². The van der Waals surface area contributed by atoms with E-state index in [9.17, 15) is 19.8 Å². The van der Waals surface area contributed by atoms with Crippen LogP contribution in [0.3, 0.4) is 0 Å². The number of ketones is 2. The van der Waals surface area contributed by atoms with Crippen LogP contribution in [0.2, 0.25) is 0 Å². The van der Waals surface area contributed by atoms with Crippen molar-refractivity contribution >= 4 is 11.6 Å². The monoisotopic (exact) mass is 411 g/mol. The van der Waals surface area contributed by atoms with Gasteiger partial charge < -0.3 is 24.6 Å². The molecule has 1 aliphatic carbocycles. The molecule has 0 amide bonds. The van der Waals surface area contributed by atoms with Crippen LogP contribution in [0.1, 0.15) is 50.8 Å². The van der Waals surface area contributed by atoms with E-state index in [0.29, 0.717) is 17.5 Å². The molecule has 0 saturated carbocycles. The molecule has 0 radical (unpaired) electrons. The molecule has 0 spiro atoms. The highest BCUT2D eigenvalue weighted by molar-refractivity contribution is 6.29. The Bertz CT molecular complexity index is 1000. The zero-order valence-electron chi connectivity index (χ0n) is 17.2. The molecule has 1 fully saturated rings. The summed E-state index contributed by atoms with van der Waals surface area (Å²) in [7, 11) is 3.78. The lowest BCUT2D eigenvalue weighted by molar-refractivity contribution is -0.238. The van der Waals surface area contributed by atoms with Crippen molar-refractivity contribution in [1.82, 2.24) is 4.90 Å². The van der Waals surface area contributed by atoms with Gasteiger partial charge in [0, 0.05) is 34.7 Å². The second kappa shape index (κ2) is 7.92. The Kier molecular flexibility index (Phi) is 5.46. The number of aliphatic hydroxyl groups is 1. The predicted octanol–water partition coefficient (Wildman–Crippen LogP) is 2.11. The van der Waals surface area contributed by atoms with Gasteiger partial charge in [-0.2, -0.15) is 0 Å². The quantitative estimate of drug-likeness (QED) is 0.679. The van der Waals surface area contributed by atoms with Crippen LogP contribution in [0.15, 0.2) is 36.4 Å². The van der Waals surface area contributed by atoms with Crippen molar-refractivity contribution in [3.63, 3.8) is 0 Å². The van der Waals surface area contributed by atoms with Crippen molar-refractivity contribution in [1.29, 1.82) is 0 Å². The number of aliphatic hydroxyl groups excluding tert-OH is 1. The number of phenolic OH excluding ortho intramolecular Hbond substituents is 1. The molecule has 30 heavy (non-hydrogen) atoms. The summed E-state index contributed by atoms with van der Waals surface area (Å²) in [6.07, 6.45) is -1.12. The lowest BCUT2D eigenvalue weighted by Gasteiger charge is -2.40. The molecule has 7 heteroatoms. The van der Waals surface area contributed by atoms with E-state index < -0.39 is 18.5 Å². The van der Waals surface area contributed by atoms with E-state index in [4.69, 9.17) is 9.47 Å². The second-order valence-electron chi connectivity index (χ2n) is 8.04. The van der Waals surface area contributed by atoms with Gasteiger partial charge in [-0.3, -0.25) is 9.59 Å². The van der Waals surface area contributed by atoms with Gasteiger partial charge in [0.05, 0.1) is 24.4 Å². The number of likely N-dealkylation sites (N-methyl/N-ethyl adjacent to an activating group) is 1. The van der Waals surface area contributed by atoms with Gasteiger partial charge in [0.1, 0.15) is 5.75 Å². The number of carbonyl (C=O) groups excluding carboxylic acids is 2. The van der Waals surface area contributed by atoms with Gasteiger partial charge >= 0.3 is 0 Å². The molecule has 2 aromatic carbocycles. The average molecular weight is 411 g/mol. The van der Waals surface area contributed by atoms with Crippen molar-refractivity contribution in [3.8, 4) is 5.75 Å². The molecule has 0 aromatic heterocycles. The predicted molar refractivity (Wildman–Crippen MR) is 109 cm³/mol. The normalized spacial score (nSPS) is 25.9. The Labute approximate surface area is 174 Å². The van der Waals surface area contributed by atoms with E-state index in [1.165, 1.54) is 0 Å². The van der Waals surface area contributed by atoms with Crippen molar-refractivity contribution < 1.29 is 29.3 Å². The fourth-order valence-corrected chi connectivity index (χ4v) is 4.16. The Hall–Kier alpha value is -2.58. The van der Waals surface area contributed by atoms with Crippen LogP contribution >= 0.6 is 0 Å². The third kappa shape index (κ3) is 3.44. The van der Waals surface area contributed by atoms with Gasteiger partial charge in [0.15, 0.2) is 17.9 Å². The molecule has 4 rings (SSSR count). The number of hydrogen-bond acceptors (Lipinski definition) is 7. The first-order chi connectivity index (χ1) is 14.3.